The number of benzene rings is 1. The molecule has 1 saturated heterocycles. The van der Waals surface area contributed by atoms with Crippen molar-refractivity contribution in [2.24, 2.45) is 5.92 Å². The fraction of sp³-hybridized carbons (Fsp3) is 0.571. The minimum Gasteiger partial charge on any atom is -0.416 e. The summed E-state index contributed by atoms with van der Waals surface area (Å²) in [6.07, 6.45) is 6.12. The van der Waals surface area contributed by atoms with E-state index in [9.17, 15) is 10.1 Å². The van der Waals surface area contributed by atoms with Gasteiger partial charge in [-0.1, -0.05) is 41.5 Å². The monoisotopic (exact) mass is 670 g/mol. The predicted molar refractivity (Wildman–Crippen MR) is 192 cm³/mol. The van der Waals surface area contributed by atoms with Crippen molar-refractivity contribution in [3.8, 4) is 17.3 Å². The summed E-state index contributed by atoms with van der Waals surface area (Å²) in [5, 5.41) is 18.5. The van der Waals surface area contributed by atoms with Crippen molar-refractivity contribution in [1.82, 2.24) is 19.7 Å². The summed E-state index contributed by atoms with van der Waals surface area (Å²) in [5.41, 5.74) is 5.15. The van der Waals surface area contributed by atoms with Crippen molar-refractivity contribution in [1.29, 1.82) is 5.26 Å². The van der Waals surface area contributed by atoms with Crippen LogP contribution in [0.1, 0.15) is 64.8 Å². The van der Waals surface area contributed by atoms with E-state index < -0.39 is 13.7 Å². The molecule has 1 aromatic carbocycles. The summed E-state index contributed by atoms with van der Waals surface area (Å²) in [5.74, 6) is 0.969. The Hall–Kier alpha value is -3.57. The number of anilines is 3. The molecule has 48 heavy (non-hydrogen) atoms. The highest BCUT2D eigenvalue weighted by molar-refractivity contribution is 6.74. The molecule has 2 aromatic heterocycles. The number of aromatic nitrogens is 4. The van der Waals surface area contributed by atoms with Gasteiger partial charge < -0.3 is 28.8 Å². The Morgan fingerprint density at radius 1 is 1.29 bits per heavy atom. The van der Waals surface area contributed by atoms with Crippen molar-refractivity contribution in [3.63, 3.8) is 0 Å². The minimum atomic E-state index is -2.07. The second-order valence-electron chi connectivity index (χ2n) is 15.1. The topological polar surface area (TPSA) is 127 Å². The second-order valence-corrected chi connectivity index (χ2v) is 19.9. The third-order valence-corrected chi connectivity index (χ3v) is 14.3. The third-order valence-electron chi connectivity index (χ3n) is 9.85. The number of nitrogens with zero attached hydrogens (tertiary/aromatic N) is 6. The molecule has 4 heterocycles. The fourth-order valence-electron chi connectivity index (χ4n) is 5.95. The van der Waals surface area contributed by atoms with E-state index in [1.807, 2.05) is 27.8 Å². The molecular weight excluding hydrogens is 621 g/mol. The molecule has 1 fully saturated rings. The van der Waals surface area contributed by atoms with E-state index in [0.29, 0.717) is 62.6 Å². The van der Waals surface area contributed by atoms with E-state index in [1.54, 1.807) is 6.20 Å². The molecule has 11 nitrogen and oxygen atoms in total. The van der Waals surface area contributed by atoms with Gasteiger partial charge in [0.05, 0.1) is 55.2 Å². The highest BCUT2D eigenvalue weighted by atomic mass is 28.4. The van der Waals surface area contributed by atoms with Gasteiger partial charge in [0.2, 0.25) is 5.95 Å². The maximum atomic E-state index is 11.7. The number of carbonyl (C=O) groups is 1. The van der Waals surface area contributed by atoms with E-state index in [4.69, 9.17) is 24.0 Å². The fourth-order valence-corrected chi connectivity index (χ4v) is 7.07. The zero-order valence-electron chi connectivity index (χ0n) is 29.7. The van der Waals surface area contributed by atoms with E-state index in [-0.39, 0.29) is 11.1 Å². The maximum absolute atomic E-state index is 11.7. The normalized spacial score (nSPS) is 19.7. The van der Waals surface area contributed by atoms with Crippen molar-refractivity contribution in [3.05, 3.63) is 47.4 Å². The summed E-state index contributed by atoms with van der Waals surface area (Å²) < 4.78 is 20.3. The number of nitriles is 1. The highest BCUT2D eigenvalue weighted by Gasteiger charge is 2.44. The lowest BCUT2D eigenvalue weighted by molar-refractivity contribution is -0.0948. The second kappa shape index (κ2) is 14.5. The van der Waals surface area contributed by atoms with Crippen LogP contribution >= 0.6 is 0 Å². The Balaban J connectivity index is 1.47. The van der Waals surface area contributed by atoms with E-state index >= 15 is 0 Å². The molecule has 1 radical (unpaired) electrons. The standard InChI is InChI=1S/C35H49BN7O4Si/c1-24(2)9-10-31-30(18-39-43(31)19-27-20-45-13-14-46-27)41-33-38-12-11-29(40-33)25-15-26(17-37)32-28(16-25)35(6,21-42(32)36-23-44)22-47-48(7,8)34(3,4)5/h11-12,15-16,18,23-24,27H,9-10,13-14,19-22H2,1-8H3,(H,38,40,41)/t27-,35-/m1/s1. The molecule has 0 unspecified atom stereocenters. The summed E-state index contributed by atoms with van der Waals surface area (Å²) in [7, 11) is -0.558. The number of hydrogen-bond donors (Lipinski definition) is 1. The zero-order chi connectivity index (χ0) is 34.7. The Morgan fingerprint density at radius 3 is 2.75 bits per heavy atom. The van der Waals surface area contributed by atoms with Gasteiger partial charge in [-0.15, -0.1) is 0 Å². The maximum Gasteiger partial charge on any atom is 0.329 e. The lowest BCUT2D eigenvalue weighted by Gasteiger charge is -2.39. The molecule has 2 aliphatic rings. The average molecular weight is 671 g/mol. The lowest BCUT2D eigenvalue weighted by atomic mass is 9.83. The van der Waals surface area contributed by atoms with Crippen LogP contribution in [0.25, 0.3) is 11.3 Å². The first kappa shape index (κ1) is 35.7. The Labute approximate surface area is 286 Å². The quantitative estimate of drug-likeness (QED) is 0.174. The first-order valence-electron chi connectivity index (χ1n) is 16.9. The van der Waals surface area contributed by atoms with Gasteiger partial charge in [-0.2, -0.15) is 10.4 Å². The van der Waals surface area contributed by atoms with Crippen molar-refractivity contribution < 1.29 is 18.7 Å². The molecule has 0 saturated carbocycles. The zero-order valence-corrected chi connectivity index (χ0v) is 30.7. The van der Waals surface area contributed by atoms with Gasteiger partial charge in [0.25, 0.3) is 0 Å². The van der Waals surface area contributed by atoms with Crippen LogP contribution in [-0.2, 0) is 37.1 Å². The van der Waals surface area contributed by atoms with E-state index in [1.165, 1.54) is 7.41 Å². The van der Waals surface area contributed by atoms with Crippen molar-refractivity contribution in [2.75, 3.05) is 43.1 Å². The van der Waals surface area contributed by atoms with Gasteiger partial charge in [-0.25, -0.2) is 9.97 Å². The predicted octanol–water partition coefficient (Wildman–Crippen LogP) is 5.87. The van der Waals surface area contributed by atoms with Crippen molar-refractivity contribution in [2.45, 2.75) is 90.6 Å². The number of ether oxygens (including phenoxy) is 2. The summed E-state index contributed by atoms with van der Waals surface area (Å²) in [4.78, 5) is 23.0. The molecule has 3 aromatic rings. The van der Waals surface area contributed by atoms with E-state index in [0.717, 1.165) is 47.2 Å². The molecule has 2 aliphatic heterocycles. The third kappa shape index (κ3) is 7.83. The average Bonchev–Trinajstić information content (AvgIpc) is 3.55. The summed E-state index contributed by atoms with van der Waals surface area (Å²) in [6.45, 7) is 21.1. The van der Waals surface area contributed by atoms with Gasteiger partial charge >= 0.3 is 7.41 Å². The van der Waals surface area contributed by atoms with Gasteiger partial charge in [0, 0.05) is 36.0 Å². The molecule has 0 aliphatic carbocycles. The molecule has 1 N–H and O–H groups in total. The Bertz CT molecular complexity index is 1640. The number of nitrogens with one attached hydrogen (secondary N) is 1. The van der Waals surface area contributed by atoms with Crippen LogP contribution in [0.2, 0.25) is 18.1 Å². The minimum absolute atomic E-state index is 0.0453. The lowest BCUT2D eigenvalue weighted by Crippen LogP contribution is -2.46. The number of carbonyl (C=O) groups excluding carboxylic acids is 1. The molecule has 0 bridgehead atoms. The van der Waals surface area contributed by atoms with Crippen LogP contribution < -0.4 is 10.1 Å². The first-order valence-corrected chi connectivity index (χ1v) is 19.8. The van der Waals surface area contributed by atoms with Gasteiger partial charge in [0.15, 0.2) is 8.32 Å². The van der Waals surface area contributed by atoms with Crippen LogP contribution in [0, 0.1) is 17.2 Å². The molecule has 255 valence electrons. The molecule has 5 rings (SSSR count). The highest BCUT2D eigenvalue weighted by Crippen LogP contribution is 2.46. The first-order chi connectivity index (χ1) is 22.7. The van der Waals surface area contributed by atoms with Crippen LogP contribution in [0.3, 0.4) is 0 Å². The van der Waals surface area contributed by atoms with Gasteiger partial charge in [0.1, 0.15) is 18.4 Å². The van der Waals surface area contributed by atoms with Crippen molar-refractivity contribution >= 4 is 39.2 Å². The smallest absolute Gasteiger partial charge is 0.329 e. The van der Waals surface area contributed by atoms with Gasteiger partial charge in [-0.3, -0.25) is 4.68 Å². The van der Waals surface area contributed by atoms with Gasteiger partial charge in [-0.05, 0) is 60.7 Å². The number of hydrogen-bond acceptors (Lipinski definition) is 10. The molecule has 13 heteroatoms. The SMILES string of the molecule is CC(C)CCc1c(Nc2nccc(-c3cc(C#N)c4c(c3)[C@@](C)(CO[Si](C)(C)C(C)(C)C)CN4[B]C=O)n2)cnn1C[C@@H]1COCCO1. The Morgan fingerprint density at radius 2 is 2.08 bits per heavy atom. The van der Waals surface area contributed by atoms with Crippen LogP contribution in [-0.4, -0.2) is 80.7 Å². The number of rotatable bonds is 13. The molecule has 2 atom stereocenters. The van der Waals surface area contributed by atoms with Crippen LogP contribution in [0.4, 0.5) is 17.3 Å². The summed E-state index contributed by atoms with van der Waals surface area (Å²) in [6, 6.07) is 8.17. The summed E-state index contributed by atoms with van der Waals surface area (Å²) >= 11 is 0. The molecular formula is C35H49BN7O4Si. The largest absolute Gasteiger partial charge is 0.416 e. The molecule has 0 amide bonds. The number of fused-ring (bicyclic) bond motifs is 1. The van der Waals surface area contributed by atoms with Crippen LogP contribution in [0.5, 0.6) is 0 Å². The van der Waals surface area contributed by atoms with E-state index in [2.05, 4.69) is 77.1 Å². The Kier molecular flexibility index (Phi) is 10.8. The van der Waals surface area contributed by atoms with Crippen LogP contribution in [0.15, 0.2) is 30.6 Å². The molecule has 0 spiro atoms.